The molecule has 0 amide bonds. The SMILES string of the molecule is Cc1cc(I)cc(C(=O)OCC(COC(=O)c2cc(I)cc(I)c2I)(COC(=O)c2cc(I)cc(I)c2I)COC(=O)c2cc(I)cc(I)c2I)c1I. The Labute approximate surface area is 455 Å². The molecule has 0 unspecified atom stereocenters. The highest BCUT2D eigenvalue weighted by Crippen LogP contribution is 2.30. The van der Waals surface area contributed by atoms with Gasteiger partial charge < -0.3 is 18.9 Å². The lowest BCUT2D eigenvalue weighted by atomic mass is 9.92. The van der Waals surface area contributed by atoms with Gasteiger partial charge in [-0.2, -0.15) is 0 Å². The summed E-state index contributed by atoms with van der Waals surface area (Å²) in [5.41, 5.74) is 0.771. The zero-order valence-electron chi connectivity index (χ0n) is 26.4. The second-order valence-electron chi connectivity index (χ2n) is 11.1. The summed E-state index contributed by atoms with van der Waals surface area (Å²) in [4.78, 5) is 54.8. The Balaban J connectivity index is 1.76. The van der Waals surface area contributed by atoms with Gasteiger partial charge in [0.2, 0.25) is 0 Å². The molecule has 19 heteroatoms. The van der Waals surface area contributed by atoms with E-state index in [-0.39, 0.29) is 0 Å². The van der Waals surface area contributed by atoms with E-state index in [2.05, 4.69) is 248 Å². The highest BCUT2D eigenvalue weighted by molar-refractivity contribution is 14.1. The number of hydrogen-bond donors (Lipinski definition) is 0. The van der Waals surface area contributed by atoms with Crippen molar-refractivity contribution in [1.29, 1.82) is 0 Å². The number of benzene rings is 4. The fourth-order valence-corrected chi connectivity index (χ4v) is 12.9. The van der Waals surface area contributed by atoms with Crippen LogP contribution in [-0.4, -0.2) is 50.3 Å². The second-order valence-corrected chi connectivity index (χ2v) is 23.9. The molecule has 53 heavy (non-hydrogen) atoms. The molecule has 0 spiro atoms. The zero-order valence-corrected chi connectivity index (χ0v) is 50.1. The third-order valence-corrected chi connectivity index (χ3v) is 20.2. The Morgan fingerprint density at radius 3 is 0.943 bits per heavy atom. The van der Waals surface area contributed by atoms with Crippen LogP contribution in [0.5, 0.6) is 0 Å². The van der Waals surface area contributed by atoms with E-state index < -0.39 is 55.7 Å². The van der Waals surface area contributed by atoms with Gasteiger partial charge in [-0.3, -0.25) is 0 Å². The topological polar surface area (TPSA) is 105 Å². The van der Waals surface area contributed by atoms with E-state index in [4.69, 9.17) is 18.9 Å². The normalized spacial score (nSPS) is 11.2. The van der Waals surface area contributed by atoms with Gasteiger partial charge in [0.15, 0.2) is 0 Å². The van der Waals surface area contributed by atoms with Crippen molar-refractivity contribution in [3.05, 3.63) is 116 Å². The molecule has 0 saturated carbocycles. The summed E-state index contributed by atoms with van der Waals surface area (Å²) < 4.78 is 32.6. The molecular weight excluding hydrogens is 1930 g/mol. The van der Waals surface area contributed by atoms with Crippen molar-refractivity contribution < 1.29 is 38.1 Å². The summed E-state index contributed by atoms with van der Waals surface area (Å²) in [6.07, 6.45) is 0. The largest absolute Gasteiger partial charge is 0.461 e. The van der Waals surface area contributed by atoms with Crippen LogP contribution in [0.15, 0.2) is 48.5 Å². The maximum Gasteiger partial charge on any atom is 0.339 e. The summed E-state index contributed by atoms with van der Waals surface area (Å²) in [6.45, 7) is 0.243. The van der Waals surface area contributed by atoms with Gasteiger partial charge >= 0.3 is 23.9 Å². The molecule has 4 aromatic carbocycles. The quantitative estimate of drug-likeness (QED) is 0.0598. The van der Waals surface area contributed by atoms with Crippen molar-refractivity contribution in [2.45, 2.75) is 6.92 Å². The van der Waals surface area contributed by atoms with Gasteiger partial charge in [0.25, 0.3) is 0 Å². The van der Waals surface area contributed by atoms with Gasteiger partial charge in [0, 0.05) is 39.3 Å². The number of ether oxygens (including phenoxy) is 4. The molecule has 8 nitrogen and oxygen atoms in total. The third-order valence-electron chi connectivity index (χ3n) is 7.12. The van der Waals surface area contributed by atoms with Crippen LogP contribution in [-0.2, 0) is 18.9 Å². The number of halogens is 11. The Kier molecular flexibility index (Phi) is 20.2. The van der Waals surface area contributed by atoms with Crippen LogP contribution >= 0.6 is 248 Å². The molecule has 0 N–H and O–H groups in total. The Morgan fingerprint density at radius 1 is 0.415 bits per heavy atom. The van der Waals surface area contributed by atoms with E-state index in [1.807, 2.05) is 31.2 Å². The number of carbonyl (C=O) groups excluding carboxylic acids is 4. The molecule has 0 saturated heterocycles. The third kappa shape index (κ3) is 13.4. The second kappa shape index (κ2) is 22.1. The lowest BCUT2D eigenvalue weighted by molar-refractivity contribution is -0.0642. The van der Waals surface area contributed by atoms with Crippen molar-refractivity contribution in [2.24, 2.45) is 5.41 Å². The van der Waals surface area contributed by atoms with Crippen LogP contribution in [0.25, 0.3) is 0 Å². The van der Waals surface area contributed by atoms with E-state index in [0.29, 0.717) is 33.0 Å². The minimum Gasteiger partial charge on any atom is -0.461 e. The monoisotopic (exact) mass is 1950 g/mol. The van der Waals surface area contributed by atoms with Crippen LogP contribution in [0, 0.1) is 51.6 Å². The van der Waals surface area contributed by atoms with E-state index in [1.54, 1.807) is 24.3 Å². The lowest BCUT2D eigenvalue weighted by Gasteiger charge is -2.32. The van der Waals surface area contributed by atoms with Crippen LogP contribution in [0.1, 0.15) is 47.0 Å². The number of esters is 4. The molecule has 0 fully saturated rings. The molecule has 0 atom stereocenters. The first-order valence-corrected chi connectivity index (χ1v) is 26.3. The highest BCUT2D eigenvalue weighted by Gasteiger charge is 2.39. The molecule has 0 aliphatic carbocycles. The molecule has 4 rings (SSSR count). The molecule has 0 bridgehead atoms. The summed E-state index contributed by atoms with van der Waals surface area (Å²) in [5.74, 6) is -2.53. The summed E-state index contributed by atoms with van der Waals surface area (Å²) >= 11 is 23.4. The maximum atomic E-state index is 13.7. The molecule has 0 aliphatic heterocycles. The molecular formula is C34H19I11O8. The van der Waals surface area contributed by atoms with Gasteiger partial charge in [0.05, 0.1) is 22.3 Å². The average molecular weight is 1950 g/mol. The number of hydrogen-bond acceptors (Lipinski definition) is 8. The van der Waals surface area contributed by atoms with Crippen LogP contribution in [0.4, 0.5) is 0 Å². The predicted molar refractivity (Wildman–Crippen MR) is 294 cm³/mol. The lowest BCUT2D eigenvalue weighted by Crippen LogP contribution is -2.44. The molecule has 0 aromatic heterocycles. The number of rotatable bonds is 12. The van der Waals surface area contributed by atoms with Crippen LogP contribution < -0.4 is 0 Å². The summed E-state index contributed by atoms with van der Waals surface area (Å²) in [6, 6.07) is 14.7. The van der Waals surface area contributed by atoms with Crippen molar-refractivity contribution >= 4 is 272 Å². The highest BCUT2D eigenvalue weighted by atomic mass is 127. The molecule has 0 radical (unpaired) electrons. The van der Waals surface area contributed by atoms with Gasteiger partial charge in [-0.15, -0.1) is 0 Å². The Morgan fingerprint density at radius 2 is 0.660 bits per heavy atom. The summed E-state index contributed by atoms with van der Waals surface area (Å²) in [7, 11) is 0. The van der Waals surface area contributed by atoms with E-state index in [9.17, 15) is 19.2 Å². The van der Waals surface area contributed by atoms with Gasteiger partial charge in [-0.05, 0) is 310 Å². The molecule has 280 valence electrons. The van der Waals surface area contributed by atoms with Crippen LogP contribution in [0.3, 0.4) is 0 Å². The maximum absolute atomic E-state index is 13.7. The summed E-state index contributed by atoms with van der Waals surface area (Å²) in [5, 5.41) is 0. The first-order valence-electron chi connectivity index (χ1n) is 14.4. The smallest absolute Gasteiger partial charge is 0.339 e. The first kappa shape index (κ1) is 48.5. The number of aryl methyl sites for hydroxylation is 1. The van der Waals surface area contributed by atoms with Crippen LogP contribution in [0.2, 0.25) is 0 Å². The van der Waals surface area contributed by atoms with Crippen molar-refractivity contribution in [3.63, 3.8) is 0 Å². The minimum absolute atomic E-state index is 0.344. The Hall–Kier alpha value is 2.79. The minimum atomic E-state index is -1.51. The van der Waals surface area contributed by atoms with Gasteiger partial charge in [0.1, 0.15) is 31.8 Å². The van der Waals surface area contributed by atoms with Crippen molar-refractivity contribution in [1.82, 2.24) is 0 Å². The van der Waals surface area contributed by atoms with Gasteiger partial charge in [-0.25, -0.2) is 19.2 Å². The molecule has 4 aromatic rings. The first-order chi connectivity index (χ1) is 24.8. The molecule has 0 aliphatic rings. The van der Waals surface area contributed by atoms with E-state index >= 15 is 0 Å². The van der Waals surface area contributed by atoms with E-state index in [0.717, 1.165) is 34.1 Å². The predicted octanol–water partition coefficient (Wildman–Crippen LogP) is 12.4. The fourth-order valence-electron chi connectivity index (χ4n) is 4.42. The Bertz CT molecular complexity index is 1820. The van der Waals surface area contributed by atoms with Crippen molar-refractivity contribution in [2.75, 3.05) is 26.4 Å². The molecule has 0 heterocycles. The van der Waals surface area contributed by atoms with Gasteiger partial charge in [-0.1, -0.05) is 0 Å². The average Bonchev–Trinajstić information content (AvgIpc) is 3.09. The zero-order chi connectivity index (χ0) is 39.4. The standard InChI is InChI=1S/C34H19I11O8/c1-14-2-15(35)3-19(26(14)42)30(46)50-10-34(11-51-31(47)20-4-16(36)7-23(39)27(20)43,12-52-32(48)21-5-17(37)8-24(40)28(21)44)13-53-33(49)22-6-18(38)9-25(41)29(22)45/h2-9H,10-13H2,1H3. The van der Waals surface area contributed by atoms with Crippen molar-refractivity contribution in [3.8, 4) is 0 Å². The fraction of sp³-hybridized carbons (Fsp3) is 0.176. The number of carbonyl (C=O) groups is 4. The van der Waals surface area contributed by atoms with E-state index in [1.165, 1.54) is 0 Å².